The van der Waals surface area contributed by atoms with Gasteiger partial charge in [-0.25, -0.2) is 8.42 Å². The van der Waals surface area contributed by atoms with Crippen molar-refractivity contribution in [1.29, 1.82) is 0 Å². The first-order chi connectivity index (χ1) is 7.99. The standard InChI is InChI=1S/C11H13N3O2S/c1-8-3-5-10(6-4-8)17(15,16)14-11-9(2)7-12-13-11/h3-7H,1-2H3,(H2,12,13,14). The summed E-state index contributed by atoms with van der Waals surface area (Å²) in [4.78, 5) is 0.233. The van der Waals surface area contributed by atoms with Crippen molar-refractivity contribution in [2.75, 3.05) is 4.72 Å². The lowest BCUT2D eigenvalue weighted by Crippen LogP contribution is -2.13. The summed E-state index contributed by atoms with van der Waals surface area (Å²) in [6, 6.07) is 6.66. The predicted octanol–water partition coefficient (Wildman–Crippen LogP) is 1.83. The Morgan fingerprint density at radius 2 is 1.82 bits per heavy atom. The largest absolute Gasteiger partial charge is 0.264 e. The van der Waals surface area contributed by atoms with Gasteiger partial charge in [-0.3, -0.25) is 9.82 Å². The SMILES string of the molecule is Cc1ccc(S(=O)(=O)Nc2[nH]ncc2C)cc1. The Hall–Kier alpha value is -1.82. The fourth-order valence-corrected chi connectivity index (χ4v) is 2.45. The van der Waals surface area contributed by atoms with Gasteiger partial charge in [-0.2, -0.15) is 5.10 Å². The monoisotopic (exact) mass is 251 g/mol. The average Bonchev–Trinajstić information content (AvgIpc) is 2.64. The number of hydrogen-bond acceptors (Lipinski definition) is 3. The average molecular weight is 251 g/mol. The highest BCUT2D eigenvalue weighted by molar-refractivity contribution is 7.92. The van der Waals surface area contributed by atoms with Crippen molar-refractivity contribution < 1.29 is 8.42 Å². The van der Waals surface area contributed by atoms with Crippen LogP contribution in [0.2, 0.25) is 0 Å². The minimum absolute atomic E-state index is 0.233. The molecule has 2 rings (SSSR count). The molecule has 1 aromatic heterocycles. The zero-order valence-corrected chi connectivity index (χ0v) is 10.4. The quantitative estimate of drug-likeness (QED) is 0.873. The molecule has 5 nitrogen and oxygen atoms in total. The number of nitrogens with one attached hydrogen (secondary N) is 2. The van der Waals surface area contributed by atoms with E-state index in [9.17, 15) is 8.42 Å². The molecule has 0 fully saturated rings. The number of aromatic amines is 1. The predicted molar refractivity (Wildman–Crippen MR) is 65.3 cm³/mol. The molecule has 0 spiro atoms. The number of anilines is 1. The molecule has 0 aliphatic rings. The molecule has 2 aromatic rings. The zero-order chi connectivity index (χ0) is 12.5. The summed E-state index contributed by atoms with van der Waals surface area (Å²) in [5.74, 6) is 0.394. The van der Waals surface area contributed by atoms with Crippen LogP contribution in [0.5, 0.6) is 0 Å². The fourth-order valence-electron chi connectivity index (χ4n) is 1.36. The Kier molecular flexibility index (Phi) is 2.89. The van der Waals surface area contributed by atoms with Crippen LogP contribution < -0.4 is 4.72 Å². The number of aryl methyl sites for hydroxylation is 2. The molecular formula is C11H13N3O2S. The van der Waals surface area contributed by atoms with E-state index in [-0.39, 0.29) is 4.90 Å². The molecule has 1 aromatic carbocycles. The highest BCUT2D eigenvalue weighted by Crippen LogP contribution is 2.16. The van der Waals surface area contributed by atoms with Crippen molar-refractivity contribution in [3.05, 3.63) is 41.6 Å². The lowest BCUT2D eigenvalue weighted by Gasteiger charge is -2.06. The smallest absolute Gasteiger partial charge is 0.263 e. The van der Waals surface area contributed by atoms with E-state index in [0.29, 0.717) is 5.82 Å². The van der Waals surface area contributed by atoms with Gasteiger partial charge >= 0.3 is 0 Å². The number of sulfonamides is 1. The second-order valence-electron chi connectivity index (χ2n) is 3.85. The van der Waals surface area contributed by atoms with Crippen molar-refractivity contribution in [3.8, 4) is 0 Å². The molecule has 0 saturated carbocycles. The van der Waals surface area contributed by atoms with Gasteiger partial charge in [0.05, 0.1) is 11.1 Å². The van der Waals surface area contributed by atoms with Gasteiger partial charge in [0.1, 0.15) is 5.82 Å². The van der Waals surface area contributed by atoms with E-state index in [1.54, 1.807) is 37.4 Å². The maximum absolute atomic E-state index is 12.0. The zero-order valence-electron chi connectivity index (χ0n) is 9.56. The van der Waals surface area contributed by atoms with Gasteiger partial charge in [0, 0.05) is 5.56 Å². The van der Waals surface area contributed by atoms with Gasteiger partial charge in [0.15, 0.2) is 0 Å². The summed E-state index contributed by atoms with van der Waals surface area (Å²) < 4.78 is 26.5. The van der Waals surface area contributed by atoms with Crippen LogP contribution in [-0.4, -0.2) is 18.6 Å². The van der Waals surface area contributed by atoms with Gasteiger partial charge in [-0.05, 0) is 26.0 Å². The number of rotatable bonds is 3. The lowest BCUT2D eigenvalue weighted by molar-refractivity contribution is 0.601. The number of benzene rings is 1. The molecule has 1 heterocycles. The van der Waals surface area contributed by atoms with Gasteiger partial charge in [-0.1, -0.05) is 17.7 Å². The minimum atomic E-state index is -3.54. The van der Waals surface area contributed by atoms with Crippen LogP contribution in [0.1, 0.15) is 11.1 Å². The maximum atomic E-state index is 12.0. The van der Waals surface area contributed by atoms with Crippen molar-refractivity contribution >= 4 is 15.8 Å². The molecule has 0 unspecified atom stereocenters. The van der Waals surface area contributed by atoms with Gasteiger partial charge < -0.3 is 0 Å². The Bertz CT molecular complexity index is 614. The highest BCUT2D eigenvalue weighted by atomic mass is 32.2. The van der Waals surface area contributed by atoms with E-state index in [2.05, 4.69) is 14.9 Å². The molecular weight excluding hydrogens is 238 g/mol. The summed E-state index contributed by atoms with van der Waals surface area (Å²) in [6.45, 7) is 3.68. The van der Waals surface area contributed by atoms with Crippen LogP contribution in [0.4, 0.5) is 5.82 Å². The Labute approximate surface area is 99.9 Å². The summed E-state index contributed by atoms with van der Waals surface area (Å²) in [6.07, 6.45) is 1.56. The van der Waals surface area contributed by atoms with E-state index >= 15 is 0 Å². The molecule has 2 N–H and O–H groups in total. The van der Waals surface area contributed by atoms with Crippen LogP contribution in [0.15, 0.2) is 35.4 Å². The molecule has 0 saturated heterocycles. The molecule has 0 amide bonds. The molecule has 0 atom stereocenters. The molecule has 17 heavy (non-hydrogen) atoms. The van der Waals surface area contributed by atoms with E-state index < -0.39 is 10.0 Å². The fraction of sp³-hybridized carbons (Fsp3) is 0.182. The molecule has 90 valence electrons. The van der Waals surface area contributed by atoms with Crippen molar-refractivity contribution in [1.82, 2.24) is 10.2 Å². The van der Waals surface area contributed by atoms with Crippen LogP contribution in [0.3, 0.4) is 0 Å². The number of hydrogen-bond donors (Lipinski definition) is 2. The van der Waals surface area contributed by atoms with Crippen LogP contribution in [0.25, 0.3) is 0 Å². The molecule has 0 aliphatic heterocycles. The Morgan fingerprint density at radius 1 is 1.18 bits per heavy atom. The molecule has 0 aliphatic carbocycles. The lowest BCUT2D eigenvalue weighted by atomic mass is 10.2. The van der Waals surface area contributed by atoms with E-state index in [4.69, 9.17) is 0 Å². The first-order valence-corrected chi connectivity index (χ1v) is 6.57. The Balaban J connectivity index is 2.31. The van der Waals surface area contributed by atoms with Gasteiger partial charge in [-0.15, -0.1) is 0 Å². The third-order valence-electron chi connectivity index (χ3n) is 2.40. The second kappa shape index (κ2) is 4.21. The maximum Gasteiger partial charge on any atom is 0.263 e. The first-order valence-electron chi connectivity index (χ1n) is 5.08. The number of aromatic nitrogens is 2. The molecule has 6 heteroatoms. The third-order valence-corrected chi connectivity index (χ3v) is 3.76. The minimum Gasteiger partial charge on any atom is -0.264 e. The highest BCUT2D eigenvalue weighted by Gasteiger charge is 2.15. The number of H-pyrrole nitrogens is 1. The summed E-state index contributed by atoms with van der Waals surface area (Å²) in [5.41, 5.74) is 1.77. The summed E-state index contributed by atoms with van der Waals surface area (Å²) in [7, 11) is -3.54. The van der Waals surface area contributed by atoms with Crippen LogP contribution in [0, 0.1) is 13.8 Å². The van der Waals surface area contributed by atoms with Gasteiger partial charge in [0.2, 0.25) is 0 Å². The third kappa shape index (κ3) is 2.47. The summed E-state index contributed by atoms with van der Waals surface area (Å²) in [5, 5.41) is 6.36. The molecule has 0 radical (unpaired) electrons. The van der Waals surface area contributed by atoms with Crippen LogP contribution in [-0.2, 0) is 10.0 Å². The van der Waals surface area contributed by atoms with Crippen molar-refractivity contribution in [2.24, 2.45) is 0 Å². The van der Waals surface area contributed by atoms with E-state index in [0.717, 1.165) is 11.1 Å². The van der Waals surface area contributed by atoms with Crippen molar-refractivity contribution in [2.45, 2.75) is 18.7 Å². The van der Waals surface area contributed by atoms with Crippen molar-refractivity contribution in [3.63, 3.8) is 0 Å². The summed E-state index contributed by atoms with van der Waals surface area (Å²) >= 11 is 0. The van der Waals surface area contributed by atoms with Crippen LogP contribution >= 0.6 is 0 Å². The van der Waals surface area contributed by atoms with Gasteiger partial charge in [0.25, 0.3) is 10.0 Å². The van der Waals surface area contributed by atoms with E-state index in [1.807, 2.05) is 6.92 Å². The number of nitrogens with zero attached hydrogens (tertiary/aromatic N) is 1. The topological polar surface area (TPSA) is 74.8 Å². The Morgan fingerprint density at radius 3 is 2.35 bits per heavy atom. The first kappa shape index (κ1) is 11.7. The van der Waals surface area contributed by atoms with E-state index in [1.165, 1.54) is 0 Å². The molecule has 0 bridgehead atoms. The normalized spacial score (nSPS) is 11.4. The second-order valence-corrected chi connectivity index (χ2v) is 5.53.